The zero-order valence-corrected chi connectivity index (χ0v) is 20.6. The van der Waals surface area contributed by atoms with Gasteiger partial charge < -0.3 is 19.7 Å². The van der Waals surface area contributed by atoms with Gasteiger partial charge in [-0.2, -0.15) is 0 Å². The van der Waals surface area contributed by atoms with Crippen LogP contribution in [0, 0.1) is 0 Å². The van der Waals surface area contributed by atoms with Crippen LogP contribution in [0.1, 0.15) is 31.2 Å². The maximum absolute atomic E-state index is 11.3. The minimum absolute atomic E-state index is 0.236. The summed E-state index contributed by atoms with van der Waals surface area (Å²) in [5.74, 6) is 2.85. The fraction of sp³-hybridized carbons (Fsp3) is 0.385. The summed E-state index contributed by atoms with van der Waals surface area (Å²) in [5.41, 5.74) is 3.02. The van der Waals surface area contributed by atoms with Gasteiger partial charge in [-0.05, 0) is 61.6 Å². The Hall–Kier alpha value is -3.13. The molecular weight excluding hydrogens is 448 g/mol. The molecule has 3 aromatic rings. The summed E-state index contributed by atoms with van der Waals surface area (Å²) >= 11 is 0. The molecule has 1 atom stereocenters. The standard InChI is InChI=1S/C26H32N4O3S/c1-32-24-11-9-21(16-25(24)33-23-7-3-4-8-23)30(19-20-6-5-13-27-17-20)22-10-12-26(29-18-22)28-14-15-34(2)31/h5-6,9-13,16-18,23H,3-4,7-8,14-15,19H2,1-2H3,(H,28,29). The van der Waals surface area contributed by atoms with Crippen molar-refractivity contribution in [3.8, 4) is 11.5 Å². The summed E-state index contributed by atoms with van der Waals surface area (Å²) in [6.45, 7) is 1.25. The van der Waals surface area contributed by atoms with Crippen LogP contribution in [-0.2, 0) is 17.3 Å². The van der Waals surface area contributed by atoms with Crippen molar-refractivity contribution in [2.45, 2.75) is 38.3 Å². The van der Waals surface area contributed by atoms with E-state index in [9.17, 15) is 4.21 Å². The molecule has 4 rings (SSSR count). The van der Waals surface area contributed by atoms with Crippen LogP contribution in [0.5, 0.6) is 11.5 Å². The van der Waals surface area contributed by atoms with Gasteiger partial charge in [0, 0.05) is 60.0 Å². The molecule has 1 unspecified atom stereocenters. The van der Waals surface area contributed by atoms with E-state index in [1.165, 1.54) is 12.8 Å². The Morgan fingerprint density at radius 3 is 2.59 bits per heavy atom. The lowest BCUT2D eigenvalue weighted by molar-refractivity contribution is 0.201. The molecule has 1 fully saturated rings. The van der Waals surface area contributed by atoms with E-state index >= 15 is 0 Å². The number of hydrogen-bond donors (Lipinski definition) is 1. The Morgan fingerprint density at radius 2 is 1.91 bits per heavy atom. The molecule has 0 spiro atoms. The Bertz CT molecular complexity index is 1070. The van der Waals surface area contributed by atoms with Crippen LogP contribution in [0.2, 0.25) is 0 Å². The molecule has 0 aliphatic heterocycles. The second kappa shape index (κ2) is 11.8. The smallest absolute Gasteiger partial charge is 0.163 e. The van der Waals surface area contributed by atoms with Gasteiger partial charge in [0.05, 0.1) is 25.1 Å². The largest absolute Gasteiger partial charge is 0.493 e. The molecule has 0 radical (unpaired) electrons. The lowest BCUT2D eigenvalue weighted by atomic mass is 10.2. The molecule has 8 heteroatoms. The van der Waals surface area contributed by atoms with Crippen molar-refractivity contribution in [2.75, 3.05) is 35.9 Å². The number of pyridine rings is 2. The van der Waals surface area contributed by atoms with E-state index in [1.54, 1.807) is 19.6 Å². The number of rotatable bonds is 11. The van der Waals surface area contributed by atoms with Crippen LogP contribution in [-0.4, -0.2) is 45.9 Å². The summed E-state index contributed by atoms with van der Waals surface area (Å²) < 4.78 is 23.2. The van der Waals surface area contributed by atoms with E-state index in [0.29, 0.717) is 18.8 Å². The molecule has 2 heterocycles. The highest BCUT2D eigenvalue weighted by Gasteiger charge is 2.20. The van der Waals surface area contributed by atoms with Gasteiger partial charge in [-0.15, -0.1) is 0 Å². The van der Waals surface area contributed by atoms with Gasteiger partial charge in [0.25, 0.3) is 0 Å². The van der Waals surface area contributed by atoms with Gasteiger partial charge in [-0.1, -0.05) is 6.07 Å². The number of hydrogen-bond acceptors (Lipinski definition) is 7. The Labute approximate surface area is 204 Å². The maximum atomic E-state index is 11.3. The Morgan fingerprint density at radius 1 is 1.09 bits per heavy atom. The topological polar surface area (TPSA) is 76.6 Å². The highest BCUT2D eigenvalue weighted by Crippen LogP contribution is 2.37. The zero-order chi connectivity index (χ0) is 23.8. The number of ether oxygens (including phenoxy) is 2. The SMILES string of the molecule is COc1ccc(N(Cc2cccnc2)c2ccc(NCCS(C)=O)nc2)cc1OC1CCCC1. The first-order chi connectivity index (χ1) is 16.6. The molecule has 2 aromatic heterocycles. The van der Waals surface area contributed by atoms with Gasteiger partial charge in [0.2, 0.25) is 0 Å². The Balaban J connectivity index is 1.61. The van der Waals surface area contributed by atoms with Crippen molar-refractivity contribution in [3.63, 3.8) is 0 Å². The van der Waals surface area contributed by atoms with Crippen LogP contribution >= 0.6 is 0 Å². The van der Waals surface area contributed by atoms with Gasteiger partial charge in [0.1, 0.15) is 5.82 Å². The summed E-state index contributed by atoms with van der Waals surface area (Å²) in [7, 11) is 0.842. The first kappa shape index (κ1) is 24.0. The fourth-order valence-corrected chi connectivity index (χ4v) is 4.48. The molecule has 7 nitrogen and oxygen atoms in total. The molecule has 0 bridgehead atoms. The molecule has 1 aliphatic carbocycles. The number of methoxy groups -OCH3 is 1. The first-order valence-electron chi connectivity index (χ1n) is 11.6. The Kier molecular flexibility index (Phi) is 8.36. The highest BCUT2D eigenvalue weighted by molar-refractivity contribution is 7.84. The molecule has 1 N–H and O–H groups in total. The van der Waals surface area contributed by atoms with E-state index in [1.807, 2.05) is 42.7 Å². The number of anilines is 3. The summed E-state index contributed by atoms with van der Waals surface area (Å²) in [5, 5.41) is 3.23. The lowest BCUT2D eigenvalue weighted by Crippen LogP contribution is -2.18. The van der Waals surface area contributed by atoms with E-state index in [0.717, 1.165) is 47.1 Å². The predicted octanol–water partition coefficient (Wildman–Crippen LogP) is 4.94. The van der Waals surface area contributed by atoms with Crippen LogP contribution in [0.3, 0.4) is 0 Å². The predicted molar refractivity (Wildman–Crippen MR) is 138 cm³/mol. The number of aromatic nitrogens is 2. The number of benzene rings is 1. The van der Waals surface area contributed by atoms with E-state index in [-0.39, 0.29) is 6.10 Å². The van der Waals surface area contributed by atoms with Gasteiger partial charge in [0.15, 0.2) is 11.5 Å². The van der Waals surface area contributed by atoms with Crippen LogP contribution < -0.4 is 19.7 Å². The summed E-state index contributed by atoms with van der Waals surface area (Å²) in [6.07, 6.45) is 12.0. The van der Waals surface area contributed by atoms with Crippen LogP contribution in [0.4, 0.5) is 17.2 Å². The van der Waals surface area contributed by atoms with Crippen molar-refractivity contribution in [3.05, 3.63) is 66.6 Å². The maximum Gasteiger partial charge on any atom is 0.163 e. The van der Waals surface area contributed by atoms with Crippen molar-refractivity contribution in [1.29, 1.82) is 0 Å². The second-order valence-corrected chi connectivity index (χ2v) is 9.97. The van der Waals surface area contributed by atoms with Gasteiger partial charge in [-0.25, -0.2) is 4.98 Å². The van der Waals surface area contributed by atoms with Gasteiger partial charge in [-0.3, -0.25) is 9.19 Å². The first-order valence-corrected chi connectivity index (χ1v) is 13.4. The lowest BCUT2D eigenvalue weighted by Gasteiger charge is -2.26. The molecule has 1 saturated carbocycles. The van der Waals surface area contributed by atoms with Crippen molar-refractivity contribution in [1.82, 2.24) is 9.97 Å². The van der Waals surface area contributed by atoms with Crippen molar-refractivity contribution in [2.24, 2.45) is 0 Å². The molecule has 1 aromatic carbocycles. The monoisotopic (exact) mass is 480 g/mol. The average molecular weight is 481 g/mol. The minimum atomic E-state index is -0.832. The van der Waals surface area contributed by atoms with Crippen molar-refractivity contribution >= 4 is 28.0 Å². The molecule has 0 amide bonds. The third-order valence-electron chi connectivity index (χ3n) is 5.87. The average Bonchev–Trinajstić information content (AvgIpc) is 3.37. The zero-order valence-electron chi connectivity index (χ0n) is 19.8. The molecule has 0 saturated heterocycles. The van der Waals surface area contributed by atoms with Crippen molar-refractivity contribution < 1.29 is 13.7 Å². The minimum Gasteiger partial charge on any atom is -0.493 e. The molecular formula is C26H32N4O3S. The normalized spacial score (nSPS) is 14.5. The van der Waals surface area contributed by atoms with E-state index < -0.39 is 10.8 Å². The molecule has 180 valence electrons. The van der Waals surface area contributed by atoms with E-state index in [2.05, 4.69) is 32.3 Å². The summed E-state index contributed by atoms with van der Waals surface area (Å²) in [4.78, 5) is 11.0. The van der Waals surface area contributed by atoms with Crippen LogP contribution in [0.15, 0.2) is 61.1 Å². The quantitative estimate of drug-likeness (QED) is 0.417. The second-order valence-electron chi connectivity index (χ2n) is 8.41. The number of nitrogens with zero attached hydrogens (tertiary/aromatic N) is 3. The molecule has 34 heavy (non-hydrogen) atoms. The fourth-order valence-electron chi connectivity index (χ4n) is 4.09. The third kappa shape index (κ3) is 6.47. The third-order valence-corrected chi connectivity index (χ3v) is 6.65. The summed E-state index contributed by atoms with van der Waals surface area (Å²) in [6, 6.07) is 14.0. The van der Waals surface area contributed by atoms with E-state index in [4.69, 9.17) is 9.47 Å². The van der Waals surface area contributed by atoms with Crippen LogP contribution in [0.25, 0.3) is 0 Å². The molecule has 1 aliphatic rings. The van der Waals surface area contributed by atoms with Gasteiger partial charge >= 0.3 is 0 Å². The highest BCUT2D eigenvalue weighted by atomic mass is 32.2. The number of nitrogens with one attached hydrogen (secondary N) is 1.